The molecule has 1 N–H and O–H groups in total. The number of fused-ring (bicyclic) bond motifs is 1. The van der Waals surface area contributed by atoms with Gasteiger partial charge in [-0.2, -0.15) is 0 Å². The van der Waals surface area contributed by atoms with E-state index in [0.717, 1.165) is 12.8 Å². The summed E-state index contributed by atoms with van der Waals surface area (Å²) >= 11 is 0. The average molecular weight is 389 g/mol. The molecule has 1 atom stereocenters. The van der Waals surface area contributed by atoms with Crippen molar-refractivity contribution in [3.8, 4) is 5.75 Å². The van der Waals surface area contributed by atoms with E-state index in [1.807, 2.05) is 0 Å². The highest BCUT2D eigenvalue weighted by Crippen LogP contribution is 2.33. The molecule has 142 valence electrons. The van der Waals surface area contributed by atoms with Crippen LogP contribution in [0.3, 0.4) is 0 Å². The Morgan fingerprint density at radius 2 is 2.04 bits per heavy atom. The van der Waals surface area contributed by atoms with Gasteiger partial charge in [0.2, 0.25) is 0 Å². The number of phenolic OH excluding ortho intramolecular Hbond substituents is 1. The Kier molecular flexibility index (Phi) is 4.42. The molecule has 2 heterocycles. The highest BCUT2D eigenvalue weighted by molar-refractivity contribution is 7.91. The normalized spacial score (nSPS) is 21.1. The zero-order valence-corrected chi connectivity index (χ0v) is 15.5. The van der Waals surface area contributed by atoms with E-state index in [4.69, 9.17) is 0 Å². The molecule has 0 spiro atoms. The van der Waals surface area contributed by atoms with E-state index in [1.165, 1.54) is 12.1 Å². The number of carbonyl (C=O) groups excluding carboxylic acids is 1. The van der Waals surface area contributed by atoms with Crippen molar-refractivity contribution in [3.05, 3.63) is 58.9 Å². The number of nitrogens with zero attached hydrogens (tertiary/aromatic N) is 1. The van der Waals surface area contributed by atoms with Crippen LogP contribution in [0, 0.1) is 5.82 Å². The number of hydrogen-bond acceptors (Lipinski definition) is 4. The molecular weight excluding hydrogens is 369 g/mol. The van der Waals surface area contributed by atoms with Crippen LogP contribution in [0.25, 0.3) is 0 Å². The molecule has 1 saturated heterocycles. The van der Waals surface area contributed by atoms with Gasteiger partial charge >= 0.3 is 0 Å². The predicted octanol–water partition coefficient (Wildman–Crippen LogP) is 2.88. The average Bonchev–Trinajstić information content (AvgIpc) is 2.98. The third kappa shape index (κ3) is 3.20. The molecule has 2 aromatic rings. The molecule has 2 aliphatic heterocycles. The zero-order valence-electron chi connectivity index (χ0n) is 14.7. The number of hydrogen-bond donors (Lipinski definition) is 1. The van der Waals surface area contributed by atoms with Gasteiger partial charge in [0.05, 0.1) is 10.6 Å². The molecule has 0 saturated carbocycles. The van der Waals surface area contributed by atoms with Gasteiger partial charge in [-0.1, -0.05) is 12.1 Å². The standard InChI is InChI=1S/C20H20FNO4S/c21-19-16(4-1-5-17(19)23)15-3-2-9-22(12-15)20(24)14-6-7-18-13(11-14)8-10-27(18,25)26/h1,4-7,11,15,23H,2-3,8-10,12H2. The number of benzene rings is 2. The lowest BCUT2D eigenvalue weighted by Crippen LogP contribution is -2.39. The summed E-state index contributed by atoms with van der Waals surface area (Å²) in [7, 11) is -3.22. The molecule has 5 nitrogen and oxygen atoms in total. The van der Waals surface area contributed by atoms with Crippen LogP contribution in [0.4, 0.5) is 4.39 Å². The van der Waals surface area contributed by atoms with E-state index in [9.17, 15) is 22.7 Å². The van der Waals surface area contributed by atoms with Crippen LogP contribution in [0.15, 0.2) is 41.3 Å². The number of aromatic hydroxyl groups is 1. The lowest BCUT2D eigenvalue weighted by atomic mass is 9.89. The van der Waals surface area contributed by atoms with Gasteiger partial charge in [-0.15, -0.1) is 0 Å². The van der Waals surface area contributed by atoms with E-state index in [1.54, 1.807) is 29.2 Å². The largest absolute Gasteiger partial charge is 0.505 e. The molecule has 1 fully saturated rings. The van der Waals surface area contributed by atoms with E-state index in [0.29, 0.717) is 41.1 Å². The van der Waals surface area contributed by atoms with Crippen LogP contribution in [0.2, 0.25) is 0 Å². The summed E-state index contributed by atoms with van der Waals surface area (Å²) in [4.78, 5) is 14.9. The fourth-order valence-electron chi connectivity index (χ4n) is 4.02. The van der Waals surface area contributed by atoms with Crippen molar-refractivity contribution in [2.24, 2.45) is 0 Å². The maximum atomic E-state index is 14.2. The second-order valence-electron chi connectivity index (χ2n) is 7.16. The number of rotatable bonds is 2. The van der Waals surface area contributed by atoms with Crippen molar-refractivity contribution < 1.29 is 22.7 Å². The van der Waals surface area contributed by atoms with Crippen LogP contribution in [0.1, 0.15) is 40.2 Å². The summed E-state index contributed by atoms with van der Waals surface area (Å²) in [6, 6.07) is 9.30. The Balaban J connectivity index is 1.57. The molecule has 0 aromatic heterocycles. The lowest BCUT2D eigenvalue weighted by molar-refractivity contribution is 0.0705. The molecule has 2 aromatic carbocycles. The van der Waals surface area contributed by atoms with Gasteiger partial charge in [0.15, 0.2) is 21.4 Å². The Labute approximate surface area is 157 Å². The second kappa shape index (κ2) is 6.64. The van der Waals surface area contributed by atoms with Crippen molar-refractivity contribution in [2.75, 3.05) is 18.8 Å². The van der Waals surface area contributed by atoms with E-state index in [2.05, 4.69) is 0 Å². The molecule has 0 radical (unpaired) electrons. The van der Waals surface area contributed by atoms with Gasteiger partial charge in [-0.05, 0) is 54.7 Å². The number of amides is 1. The number of halogens is 1. The molecule has 7 heteroatoms. The van der Waals surface area contributed by atoms with E-state index < -0.39 is 15.7 Å². The first-order valence-corrected chi connectivity index (χ1v) is 10.6. The SMILES string of the molecule is O=C(c1ccc2c(c1)CCS2(=O)=O)N1CCCC(c2cccc(O)c2F)C1. The van der Waals surface area contributed by atoms with Crippen molar-refractivity contribution in [2.45, 2.75) is 30.1 Å². The summed E-state index contributed by atoms with van der Waals surface area (Å²) in [5.74, 6) is -1.27. The van der Waals surface area contributed by atoms with E-state index in [-0.39, 0.29) is 23.3 Å². The quantitative estimate of drug-likeness (QED) is 0.857. The van der Waals surface area contributed by atoms with Crippen molar-refractivity contribution in [3.63, 3.8) is 0 Å². The molecule has 4 rings (SSSR count). The maximum Gasteiger partial charge on any atom is 0.253 e. The minimum absolute atomic E-state index is 0.0859. The number of carbonyl (C=O) groups is 1. The van der Waals surface area contributed by atoms with Crippen molar-refractivity contribution >= 4 is 15.7 Å². The molecule has 0 bridgehead atoms. The fourth-order valence-corrected chi connectivity index (χ4v) is 5.56. The molecule has 0 aliphatic carbocycles. The fraction of sp³-hybridized carbons (Fsp3) is 0.350. The van der Waals surface area contributed by atoms with Gasteiger partial charge < -0.3 is 10.0 Å². The molecule has 1 amide bonds. The van der Waals surface area contributed by atoms with Gasteiger partial charge in [-0.3, -0.25) is 4.79 Å². The predicted molar refractivity (Wildman–Crippen MR) is 98.1 cm³/mol. The Hall–Kier alpha value is -2.41. The first-order chi connectivity index (χ1) is 12.9. The van der Waals surface area contributed by atoms with Crippen LogP contribution in [0.5, 0.6) is 5.75 Å². The summed E-state index contributed by atoms with van der Waals surface area (Å²) < 4.78 is 38.1. The minimum Gasteiger partial charge on any atom is -0.505 e. The number of piperidine rings is 1. The Morgan fingerprint density at radius 3 is 2.85 bits per heavy atom. The summed E-state index contributed by atoms with van der Waals surface area (Å²) in [5, 5.41) is 9.61. The van der Waals surface area contributed by atoms with Crippen LogP contribution in [-0.2, 0) is 16.3 Å². The monoisotopic (exact) mass is 389 g/mol. The Morgan fingerprint density at radius 1 is 1.22 bits per heavy atom. The minimum atomic E-state index is -3.22. The first kappa shape index (κ1) is 18.0. The highest BCUT2D eigenvalue weighted by atomic mass is 32.2. The lowest BCUT2D eigenvalue weighted by Gasteiger charge is -2.33. The highest BCUT2D eigenvalue weighted by Gasteiger charge is 2.30. The zero-order chi connectivity index (χ0) is 19.2. The van der Waals surface area contributed by atoms with Crippen molar-refractivity contribution in [1.82, 2.24) is 4.90 Å². The number of phenols is 1. The van der Waals surface area contributed by atoms with Gasteiger partial charge in [0.25, 0.3) is 5.91 Å². The van der Waals surface area contributed by atoms with E-state index >= 15 is 0 Å². The van der Waals surface area contributed by atoms with Crippen LogP contribution in [-0.4, -0.2) is 43.2 Å². The summed E-state index contributed by atoms with van der Waals surface area (Å²) in [6.45, 7) is 0.944. The smallest absolute Gasteiger partial charge is 0.253 e. The Bertz CT molecular complexity index is 1020. The van der Waals surface area contributed by atoms with Crippen LogP contribution >= 0.6 is 0 Å². The molecule has 27 heavy (non-hydrogen) atoms. The van der Waals surface area contributed by atoms with Gasteiger partial charge in [0, 0.05) is 24.6 Å². The molecule has 2 aliphatic rings. The number of likely N-dealkylation sites (tertiary alicyclic amines) is 1. The summed E-state index contributed by atoms with van der Waals surface area (Å²) in [6.07, 6.45) is 1.91. The van der Waals surface area contributed by atoms with Crippen molar-refractivity contribution in [1.29, 1.82) is 0 Å². The third-order valence-electron chi connectivity index (χ3n) is 5.44. The molecular formula is C20H20FNO4S. The third-order valence-corrected chi connectivity index (χ3v) is 7.25. The van der Waals surface area contributed by atoms with Crippen LogP contribution < -0.4 is 0 Å². The summed E-state index contributed by atoms with van der Waals surface area (Å²) in [5.41, 5.74) is 1.57. The molecule has 1 unspecified atom stereocenters. The number of aryl methyl sites for hydroxylation is 1. The first-order valence-electron chi connectivity index (χ1n) is 8.99. The maximum absolute atomic E-state index is 14.2. The number of sulfone groups is 1. The van der Waals surface area contributed by atoms with Gasteiger partial charge in [0.1, 0.15) is 0 Å². The second-order valence-corrected chi connectivity index (χ2v) is 9.24. The van der Waals surface area contributed by atoms with Gasteiger partial charge in [-0.25, -0.2) is 12.8 Å². The topological polar surface area (TPSA) is 74.7 Å².